The summed E-state index contributed by atoms with van der Waals surface area (Å²) in [4.78, 5) is 22.8. The minimum atomic E-state index is -0.504. The van der Waals surface area contributed by atoms with Crippen LogP contribution in [0.2, 0.25) is 0 Å². The summed E-state index contributed by atoms with van der Waals surface area (Å²) in [6.45, 7) is 1.47. The Hall–Kier alpha value is -1.24. The van der Waals surface area contributed by atoms with Crippen molar-refractivity contribution < 1.29 is 9.59 Å². The van der Waals surface area contributed by atoms with E-state index in [1.165, 1.54) is 4.90 Å². The van der Waals surface area contributed by atoms with Gasteiger partial charge in [0.05, 0.1) is 6.54 Å². The first-order chi connectivity index (χ1) is 6.72. The second-order valence-corrected chi connectivity index (χ2v) is 3.62. The highest BCUT2D eigenvalue weighted by atomic mass is 79.9. The van der Waals surface area contributed by atoms with E-state index in [9.17, 15) is 9.59 Å². The van der Waals surface area contributed by atoms with Crippen LogP contribution in [0, 0.1) is 0 Å². The van der Waals surface area contributed by atoms with E-state index in [2.05, 4.69) is 26.1 Å². The van der Waals surface area contributed by atoms with Gasteiger partial charge in [-0.3, -0.25) is 9.59 Å². The summed E-state index contributed by atoms with van der Waals surface area (Å²) >= 11 is 3.24. The minimum Gasteiger partial charge on any atom is -0.327 e. The van der Waals surface area contributed by atoms with Crippen molar-refractivity contribution in [1.82, 2.24) is 19.7 Å². The number of rotatable bonds is 1. The van der Waals surface area contributed by atoms with Crippen molar-refractivity contribution in [3.63, 3.8) is 0 Å². The fourth-order valence-corrected chi connectivity index (χ4v) is 1.85. The van der Waals surface area contributed by atoms with E-state index in [1.807, 2.05) is 4.57 Å². The van der Waals surface area contributed by atoms with Crippen LogP contribution < -0.4 is 0 Å². The highest BCUT2D eigenvalue weighted by Gasteiger charge is 2.22. The molecule has 0 bridgehead atoms. The molecule has 0 saturated heterocycles. The molecule has 0 aliphatic carbocycles. The molecule has 1 aliphatic rings. The van der Waals surface area contributed by atoms with Crippen molar-refractivity contribution >= 4 is 28.1 Å². The summed E-state index contributed by atoms with van der Waals surface area (Å²) < 4.78 is 2.53. The monoisotopic (exact) mass is 258 g/mol. The molecule has 0 radical (unpaired) electrons. The third-order valence-corrected chi connectivity index (χ3v) is 2.71. The summed E-state index contributed by atoms with van der Waals surface area (Å²) in [6, 6.07) is 0. The molecule has 0 unspecified atom stereocenters. The average Bonchev–Trinajstić information content (AvgIpc) is 2.59. The van der Waals surface area contributed by atoms with Crippen LogP contribution >= 0.6 is 15.9 Å². The Balaban J connectivity index is 2.21. The predicted octanol–water partition coefficient (Wildman–Crippen LogP) is -0.418. The largest absolute Gasteiger partial charge is 0.327 e. The molecule has 0 spiro atoms. The molecule has 2 heterocycles. The summed E-state index contributed by atoms with van der Waals surface area (Å²) in [5, 5.41) is 7.70. The molecule has 1 aliphatic heterocycles. The number of hydrogen-bond acceptors (Lipinski definition) is 4. The van der Waals surface area contributed by atoms with E-state index in [0.29, 0.717) is 36.5 Å². The number of carbonyl (C=O) groups excluding carboxylic acids is 2. The van der Waals surface area contributed by atoms with Gasteiger partial charge in [-0.1, -0.05) is 0 Å². The van der Waals surface area contributed by atoms with Crippen LogP contribution in [0.5, 0.6) is 0 Å². The number of halogens is 1. The molecule has 74 valence electrons. The molecule has 0 atom stereocenters. The number of nitrogens with zero attached hydrogens (tertiary/aromatic N) is 4. The summed E-state index contributed by atoms with van der Waals surface area (Å²) in [7, 11) is 0. The molecule has 1 aromatic heterocycles. The SMILES string of the molecule is O=CC(=O)N1CCn2c(Br)nnc2C1. The van der Waals surface area contributed by atoms with Crippen molar-refractivity contribution in [3.8, 4) is 0 Å². The van der Waals surface area contributed by atoms with Gasteiger partial charge in [0.15, 0.2) is 10.6 Å². The third kappa shape index (κ3) is 1.43. The van der Waals surface area contributed by atoms with Gasteiger partial charge in [0.1, 0.15) is 0 Å². The molecule has 0 aromatic carbocycles. The van der Waals surface area contributed by atoms with Gasteiger partial charge in [0.2, 0.25) is 6.29 Å². The first-order valence-electron chi connectivity index (χ1n) is 4.04. The molecule has 2 rings (SSSR count). The first-order valence-corrected chi connectivity index (χ1v) is 4.83. The van der Waals surface area contributed by atoms with Crippen molar-refractivity contribution in [2.75, 3.05) is 6.54 Å². The first kappa shape index (κ1) is 9.32. The van der Waals surface area contributed by atoms with E-state index in [4.69, 9.17) is 0 Å². The maximum atomic E-state index is 11.1. The van der Waals surface area contributed by atoms with Gasteiger partial charge in [0, 0.05) is 13.1 Å². The van der Waals surface area contributed by atoms with E-state index < -0.39 is 5.91 Å². The van der Waals surface area contributed by atoms with Crippen LogP contribution in [0.4, 0.5) is 0 Å². The van der Waals surface area contributed by atoms with Gasteiger partial charge >= 0.3 is 0 Å². The van der Waals surface area contributed by atoms with Crippen LogP contribution in [0.3, 0.4) is 0 Å². The Bertz CT molecular complexity index is 389. The summed E-state index contributed by atoms with van der Waals surface area (Å²) in [5.74, 6) is 0.189. The maximum Gasteiger partial charge on any atom is 0.287 e. The van der Waals surface area contributed by atoms with Gasteiger partial charge in [-0.2, -0.15) is 0 Å². The molecule has 0 saturated carbocycles. The molecule has 0 N–H and O–H groups in total. The van der Waals surface area contributed by atoms with Gasteiger partial charge in [-0.15, -0.1) is 10.2 Å². The van der Waals surface area contributed by atoms with Crippen LogP contribution in [0.25, 0.3) is 0 Å². The van der Waals surface area contributed by atoms with E-state index in [0.717, 1.165) is 0 Å². The Morgan fingerprint density at radius 1 is 1.43 bits per heavy atom. The molecule has 6 nitrogen and oxygen atoms in total. The lowest BCUT2D eigenvalue weighted by molar-refractivity contribution is -0.139. The lowest BCUT2D eigenvalue weighted by Gasteiger charge is -2.25. The summed E-state index contributed by atoms with van der Waals surface area (Å²) in [6.07, 6.45) is 0.321. The zero-order chi connectivity index (χ0) is 10.1. The maximum absolute atomic E-state index is 11.1. The van der Waals surface area contributed by atoms with Crippen molar-refractivity contribution in [1.29, 1.82) is 0 Å². The fraction of sp³-hybridized carbons (Fsp3) is 0.429. The van der Waals surface area contributed by atoms with Crippen LogP contribution in [-0.4, -0.2) is 38.4 Å². The molecule has 1 amide bonds. The molecule has 7 heteroatoms. The van der Waals surface area contributed by atoms with Crippen LogP contribution in [-0.2, 0) is 22.7 Å². The second-order valence-electron chi connectivity index (χ2n) is 2.91. The lowest BCUT2D eigenvalue weighted by Crippen LogP contribution is -2.39. The van der Waals surface area contributed by atoms with Crippen molar-refractivity contribution in [2.24, 2.45) is 0 Å². The van der Waals surface area contributed by atoms with Crippen molar-refractivity contribution in [2.45, 2.75) is 13.1 Å². The smallest absolute Gasteiger partial charge is 0.287 e. The van der Waals surface area contributed by atoms with E-state index >= 15 is 0 Å². The number of aromatic nitrogens is 3. The van der Waals surface area contributed by atoms with Crippen LogP contribution in [0.15, 0.2) is 4.73 Å². The molecule has 14 heavy (non-hydrogen) atoms. The highest BCUT2D eigenvalue weighted by molar-refractivity contribution is 9.10. The Morgan fingerprint density at radius 3 is 2.93 bits per heavy atom. The van der Waals surface area contributed by atoms with Crippen molar-refractivity contribution in [3.05, 3.63) is 10.6 Å². The van der Waals surface area contributed by atoms with Gasteiger partial charge < -0.3 is 9.47 Å². The summed E-state index contributed by atoms with van der Waals surface area (Å²) in [5.41, 5.74) is 0. The van der Waals surface area contributed by atoms with Gasteiger partial charge in [0.25, 0.3) is 5.91 Å². The fourth-order valence-electron chi connectivity index (χ4n) is 1.38. The zero-order valence-corrected chi connectivity index (χ0v) is 8.77. The minimum absolute atomic E-state index is 0.321. The number of amides is 1. The molecular weight excluding hydrogens is 252 g/mol. The predicted molar refractivity (Wildman–Crippen MR) is 49.2 cm³/mol. The van der Waals surface area contributed by atoms with Gasteiger partial charge in [-0.25, -0.2) is 0 Å². The van der Waals surface area contributed by atoms with Gasteiger partial charge in [-0.05, 0) is 15.9 Å². The molecule has 0 fully saturated rings. The van der Waals surface area contributed by atoms with E-state index in [-0.39, 0.29) is 0 Å². The number of carbonyl (C=O) groups is 2. The normalized spacial score (nSPS) is 15.1. The Kier molecular flexibility index (Phi) is 2.32. The third-order valence-electron chi connectivity index (χ3n) is 2.12. The standard InChI is InChI=1S/C7H7BrN4O2/c8-7-10-9-5-3-11(6(14)4-13)1-2-12(5)7/h4H,1-3H2. The topological polar surface area (TPSA) is 68.1 Å². The lowest BCUT2D eigenvalue weighted by atomic mass is 10.3. The zero-order valence-electron chi connectivity index (χ0n) is 7.18. The average molecular weight is 259 g/mol. The highest BCUT2D eigenvalue weighted by Crippen LogP contribution is 2.15. The number of aldehydes is 1. The molecule has 1 aromatic rings. The van der Waals surface area contributed by atoms with Crippen LogP contribution in [0.1, 0.15) is 5.82 Å². The molecular formula is C7H7BrN4O2. The Labute approximate surface area is 88.0 Å². The van der Waals surface area contributed by atoms with E-state index in [1.54, 1.807) is 0 Å². The number of hydrogen-bond donors (Lipinski definition) is 0. The Morgan fingerprint density at radius 2 is 2.21 bits per heavy atom. The quantitative estimate of drug-likeness (QED) is 0.507. The number of fused-ring (bicyclic) bond motifs is 1. The second kappa shape index (κ2) is 3.49.